The highest BCUT2D eigenvalue weighted by Gasteiger charge is 2.21. The third-order valence-corrected chi connectivity index (χ3v) is 13.4. The largest absolute Gasteiger partial charge is 0.454 e. The monoisotopic (exact) mass is 815 g/mol. The quantitative estimate of drug-likeness (QED) is 0.170. The van der Waals surface area contributed by atoms with Crippen LogP contribution in [0.15, 0.2) is 229 Å². The van der Waals surface area contributed by atoms with Gasteiger partial charge in [0.25, 0.3) is 0 Å². The molecule has 0 unspecified atom stereocenters. The highest BCUT2D eigenvalue weighted by Crippen LogP contribution is 2.43. The first-order valence-corrected chi connectivity index (χ1v) is 21.9. The van der Waals surface area contributed by atoms with E-state index >= 15 is 0 Å². The van der Waals surface area contributed by atoms with Crippen molar-refractivity contribution >= 4 is 87.4 Å². The van der Waals surface area contributed by atoms with Gasteiger partial charge in [-0.2, -0.15) is 0 Å². The van der Waals surface area contributed by atoms with E-state index in [1.165, 1.54) is 65.5 Å². The van der Waals surface area contributed by atoms with Gasteiger partial charge in [0, 0.05) is 54.5 Å². The fourth-order valence-corrected chi connectivity index (χ4v) is 10.6. The summed E-state index contributed by atoms with van der Waals surface area (Å²) in [5, 5.41) is 9.57. The number of rotatable bonds is 5. The lowest BCUT2D eigenvalue weighted by molar-refractivity contribution is 0.666. The molecule has 4 heterocycles. The number of benzene rings is 10. The lowest BCUT2D eigenvalue weighted by Crippen LogP contribution is -1.95. The summed E-state index contributed by atoms with van der Waals surface area (Å²) in [4.78, 5) is 0. The van der Waals surface area contributed by atoms with E-state index in [1.807, 2.05) is 6.07 Å². The van der Waals surface area contributed by atoms with Gasteiger partial charge in [-0.25, -0.2) is 0 Å². The van der Waals surface area contributed by atoms with E-state index in [9.17, 15) is 0 Å². The van der Waals surface area contributed by atoms with Crippen LogP contribution < -0.4 is 0 Å². The Balaban J connectivity index is 1.000. The Morgan fingerprint density at radius 1 is 0.250 bits per heavy atom. The van der Waals surface area contributed by atoms with Gasteiger partial charge in [0.15, 0.2) is 5.58 Å². The summed E-state index contributed by atoms with van der Waals surface area (Å²) < 4.78 is 13.9. The number of aromatic nitrogens is 3. The summed E-state index contributed by atoms with van der Waals surface area (Å²) in [6.45, 7) is 0. The molecule has 0 aliphatic rings. The van der Waals surface area contributed by atoms with Crippen LogP contribution >= 0.6 is 0 Å². The molecule has 4 aromatic heterocycles. The molecule has 0 N–H and O–H groups in total. The minimum absolute atomic E-state index is 0.878. The molecule has 4 heteroatoms. The standard InChI is InChI=1S/C60H37N3O/c1-3-14-42(15-4-1)61-52-22-10-7-18-44(52)50-34-38(28-32-54(50)61)40-26-30-46-47-31-27-41(39-29-33-55-51(35-39)45-19-8-11-23-53(45)62(55)43-16-5-2-6-17-43)37-58(47)63(57(46)36-40)56-24-13-21-49-48-20-9-12-25-59(48)64-60(49)56/h1-37H. The summed E-state index contributed by atoms with van der Waals surface area (Å²) in [5.74, 6) is 0. The molecule has 64 heavy (non-hydrogen) atoms. The number of hydrogen-bond acceptors (Lipinski definition) is 1. The molecule has 0 bridgehead atoms. The molecule has 0 aliphatic heterocycles. The lowest BCUT2D eigenvalue weighted by Gasteiger charge is -2.11. The molecule has 0 radical (unpaired) electrons. The predicted molar refractivity (Wildman–Crippen MR) is 268 cm³/mol. The van der Waals surface area contributed by atoms with Gasteiger partial charge in [0.05, 0.1) is 38.8 Å². The molecule has 4 nitrogen and oxygen atoms in total. The van der Waals surface area contributed by atoms with Crippen molar-refractivity contribution in [2.24, 2.45) is 0 Å². The second-order valence-electron chi connectivity index (χ2n) is 16.9. The molecular weight excluding hydrogens is 779 g/mol. The van der Waals surface area contributed by atoms with Crippen LogP contribution in [0.5, 0.6) is 0 Å². The van der Waals surface area contributed by atoms with Crippen LogP contribution in [-0.2, 0) is 0 Å². The maximum atomic E-state index is 6.77. The summed E-state index contributed by atoms with van der Waals surface area (Å²) in [7, 11) is 0. The maximum absolute atomic E-state index is 6.77. The molecular formula is C60H37N3O. The van der Waals surface area contributed by atoms with Gasteiger partial charge in [-0.3, -0.25) is 0 Å². The Morgan fingerprint density at radius 3 is 1.23 bits per heavy atom. The van der Waals surface area contributed by atoms with Crippen LogP contribution in [0, 0.1) is 0 Å². The summed E-state index contributed by atoms with van der Waals surface area (Å²) in [5.41, 5.74) is 16.8. The van der Waals surface area contributed by atoms with Gasteiger partial charge < -0.3 is 18.1 Å². The second kappa shape index (κ2) is 13.4. The fourth-order valence-electron chi connectivity index (χ4n) is 10.6. The van der Waals surface area contributed by atoms with Gasteiger partial charge in [-0.15, -0.1) is 0 Å². The number of fused-ring (bicyclic) bond motifs is 12. The SMILES string of the molecule is c1ccc(-n2c3ccccc3c3cc(-c4ccc5c6ccc(-c7ccc8c(c7)c7ccccc7n8-c7ccccc7)cc6n(-c6cccc7c6oc6ccccc67)c5c4)ccc32)cc1. The third-order valence-electron chi connectivity index (χ3n) is 13.4. The third kappa shape index (κ3) is 5.05. The molecule has 14 aromatic rings. The van der Waals surface area contributed by atoms with E-state index in [0.717, 1.165) is 61.2 Å². The molecule has 0 aliphatic carbocycles. The van der Waals surface area contributed by atoms with Crippen molar-refractivity contribution in [3.8, 4) is 39.3 Å². The summed E-state index contributed by atoms with van der Waals surface area (Å²) in [6.07, 6.45) is 0. The van der Waals surface area contributed by atoms with Gasteiger partial charge in [-0.1, -0.05) is 140 Å². The molecule has 0 atom stereocenters. The Bertz CT molecular complexity index is 3970. The molecule has 14 rings (SSSR count). The van der Waals surface area contributed by atoms with Gasteiger partial charge >= 0.3 is 0 Å². The topological polar surface area (TPSA) is 27.9 Å². The number of hydrogen-bond donors (Lipinski definition) is 0. The van der Waals surface area contributed by atoms with Crippen LogP contribution in [-0.4, -0.2) is 13.7 Å². The highest BCUT2D eigenvalue weighted by molar-refractivity contribution is 6.16. The van der Waals surface area contributed by atoms with Crippen LogP contribution in [0.2, 0.25) is 0 Å². The van der Waals surface area contributed by atoms with Crippen molar-refractivity contribution in [2.75, 3.05) is 0 Å². The minimum atomic E-state index is 0.878. The van der Waals surface area contributed by atoms with Crippen LogP contribution in [0.3, 0.4) is 0 Å². The Morgan fingerprint density at radius 2 is 0.672 bits per heavy atom. The van der Waals surface area contributed by atoms with Gasteiger partial charge in [-0.05, 0) is 107 Å². The van der Waals surface area contributed by atoms with Crippen LogP contribution in [0.1, 0.15) is 0 Å². The summed E-state index contributed by atoms with van der Waals surface area (Å²) >= 11 is 0. The number of para-hydroxylation sites is 6. The molecule has 0 fully saturated rings. The number of furan rings is 1. The second-order valence-corrected chi connectivity index (χ2v) is 16.9. The van der Waals surface area contributed by atoms with E-state index in [1.54, 1.807) is 0 Å². The zero-order chi connectivity index (χ0) is 41.9. The maximum Gasteiger partial charge on any atom is 0.159 e. The molecule has 10 aromatic carbocycles. The zero-order valence-electron chi connectivity index (χ0n) is 34.6. The van der Waals surface area contributed by atoms with Crippen molar-refractivity contribution in [3.63, 3.8) is 0 Å². The van der Waals surface area contributed by atoms with Gasteiger partial charge in [0.2, 0.25) is 0 Å². The highest BCUT2D eigenvalue weighted by atomic mass is 16.3. The van der Waals surface area contributed by atoms with E-state index in [-0.39, 0.29) is 0 Å². The smallest absolute Gasteiger partial charge is 0.159 e. The minimum Gasteiger partial charge on any atom is -0.454 e. The van der Waals surface area contributed by atoms with Crippen molar-refractivity contribution in [3.05, 3.63) is 224 Å². The molecule has 0 spiro atoms. The first-order chi connectivity index (χ1) is 31.7. The first-order valence-electron chi connectivity index (χ1n) is 21.9. The van der Waals surface area contributed by atoms with E-state index in [0.29, 0.717) is 0 Å². The van der Waals surface area contributed by atoms with Crippen molar-refractivity contribution in [1.82, 2.24) is 13.7 Å². The van der Waals surface area contributed by atoms with Crippen LogP contribution in [0.4, 0.5) is 0 Å². The zero-order valence-corrected chi connectivity index (χ0v) is 34.6. The first kappa shape index (κ1) is 35.0. The van der Waals surface area contributed by atoms with E-state index in [2.05, 4.69) is 232 Å². The molecule has 0 saturated carbocycles. The predicted octanol–water partition coefficient (Wildman–Crippen LogP) is 16.2. The Labute approximate surface area is 367 Å². The van der Waals surface area contributed by atoms with E-state index < -0.39 is 0 Å². The normalized spacial score (nSPS) is 12.1. The van der Waals surface area contributed by atoms with Crippen LogP contribution in [0.25, 0.3) is 127 Å². The Kier molecular flexibility index (Phi) is 7.36. The molecule has 0 saturated heterocycles. The summed E-state index contributed by atoms with van der Waals surface area (Å²) in [6, 6.07) is 81.5. The van der Waals surface area contributed by atoms with Crippen molar-refractivity contribution in [1.29, 1.82) is 0 Å². The Hall–Kier alpha value is -8.60. The fraction of sp³-hybridized carbons (Fsp3) is 0. The number of nitrogens with zero attached hydrogens (tertiary/aromatic N) is 3. The van der Waals surface area contributed by atoms with Gasteiger partial charge in [0.1, 0.15) is 5.58 Å². The van der Waals surface area contributed by atoms with E-state index in [4.69, 9.17) is 4.42 Å². The molecule has 0 amide bonds. The average molecular weight is 816 g/mol. The lowest BCUT2D eigenvalue weighted by atomic mass is 10.00. The van der Waals surface area contributed by atoms with Crippen molar-refractivity contribution < 1.29 is 4.42 Å². The average Bonchev–Trinajstić information content (AvgIpc) is 4.10. The molecule has 298 valence electrons. The van der Waals surface area contributed by atoms with Crippen molar-refractivity contribution in [2.45, 2.75) is 0 Å².